The molecule has 0 fully saturated rings. The van der Waals surface area contributed by atoms with E-state index in [2.05, 4.69) is 9.97 Å². The number of carboxylic acid groups (broad SMARTS) is 1. The van der Waals surface area contributed by atoms with Crippen LogP contribution < -0.4 is 5.56 Å². The Bertz CT molecular complexity index is 356. The predicted molar refractivity (Wildman–Crippen MR) is 40.9 cm³/mol. The van der Waals surface area contributed by atoms with E-state index in [4.69, 9.17) is 5.11 Å². The van der Waals surface area contributed by atoms with Gasteiger partial charge in [0.2, 0.25) is 0 Å². The normalized spacial score (nSPS) is 9.75. The lowest BCUT2D eigenvalue weighted by Gasteiger charge is -1.95. The zero-order valence-corrected chi connectivity index (χ0v) is 6.50. The Hall–Kier alpha value is -1.65. The van der Waals surface area contributed by atoms with Crippen molar-refractivity contribution in [2.75, 3.05) is 0 Å². The van der Waals surface area contributed by atoms with Gasteiger partial charge in [-0.15, -0.1) is 0 Å². The Labute approximate surface area is 68.1 Å². The summed E-state index contributed by atoms with van der Waals surface area (Å²) in [5.74, 6) is -0.555. The first-order chi connectivity index (χ1) is 5.59. The standard InChI is InChI=1S/C7H8N2O3/c1-4-8-3-5(2-6(10)11)7(12)9-4/h3H,2H2,1H3,(H,10,11)(H,8,9,12). The van der Waals surface area contributed by atoms with Crippen molar-refractivity contribution in [2.24, 2.45) is 0 Å². The van der Waals surface area contributed by atoms with Crippen LogP contribution in [0.5, 0.6) is 0 Å². The molecule has 0 aliphatic rings. The minimum Gasteiger partial charge on any atom is -0.481 e. The Morgan fingerprint density at radius 2 is 2.42 bits per heavy atom. The van der Waals surface area contributed by atoms with Crippen LogP contribution in [0.15, 0.2) is 11.0 Å². The molecule has 0 aliphatic heterocycles. The number of aliphatic carboxylic acids is 1. The van der Waals surface area contributed by atoms with E-state index in [9.17, 15) is 9.59 Å². The van der Waals surface area contributed by atoms with Crippen LogP contribution >= 0.6 is 0 Å². The predicted octanol–water partition coefficient (Wildman–Crippen LogP) is -0.295. The molecule has 64 valence electrons. The van der Waals surface area contributed by atoms with Crippen LogP contribution in [-0.2, 0) is 11.2 Å². The number of carboxylic acids is 1. The summed E-state index contributed by atoms with van der Waals surface area (Å²) in [6, 6.07) is 0. The fourth-order valence-corrected chi connectivity index (χ4v) is 0.799. The molecule has 0 atom stereocenters. The van der Waals surface area contributed by atoms with Gasteiger partial charge in [0.05, 0.1) is 6.42 Å². The van der Waals surface area contributed by atoms with E-state index in [1.54, 1.807) is 6.92 Å². The van der Waals surface area contributed by atoms with E-state index in [0.717, 1.165) is 0 Å². The second-order valence-electron chi connectivity index (χ2n) is 2.39. The summed E-state index contributed by atoms with van der Waals surface area (Å²) in [5, 5.41) is 8.38. The zero-order valence-electron chi connectivity index (χ0n) is 6.50. The van der Waals surface area contributed by atoms with E-state index in [-0.39, 0.29) is 17.5 Å². The smallest absolute Gasteiger partial charge is 0.308 e. The van der Waals surface area contributed by atoms with E-state index < -0.39 is 5.97 Å². The molecule has 5 nitrogen and oxygen atoms in total. The molecule has 0 radical (unpaired) electrons. The van der Waals surface area contributed by atoms with Gasteiger partial charge in [-0.2, -0.15) is 0 Å². The summed E-state index contributed by atoms with van der Waals surface area (Å²) in [5.41, 5.74) is -0.210. The molecule has 0 aliphatic carbocycles. The average Bonchev–Trinajstić information content (AvgIpc) is 1.94. The van der Waals surface area contributed by atoms with Gasteiger partial charge < -0.3 is 10.1 Å². The van der Waals surface area contributed by atoms with E-state index >= 15 is 0 Å². The molecule has 1 rings (SSSR count). The molecule has 0 saturated carbocycles. The number of rotatable bonds is 2. The average molecular weight is 168 g/mol. The van der Waals surface area contributed by atoms with Gasteiger partial charge >= 0.3 is 5.97 Å². The van der Waals surface area contributed by atoms with Crippen LogP contribution in [0.4, 0.5) is 0 Å². The Morgan fingerprint density at radius 1 is 1.75 bits per heavy atom. The van der Waals surface area contributed by atoms with Crippen molar-refractivity contribution in [1.29, 1.82) is 0 Å². The quantitative estimate of drug-likeness (QED) is 0.635. The monoisotopic (exact) mass is 168 g/mol. The largest absolute Gasteiger partial charge is 0.481 e. The first-order valence-corrected chi connectivity index (χ1v) is 3.36. The van der Waals surface area contributed by atoms with Crippen molar-refractivity contribution in [3.8, 4) is 0 Å². The number of hydrogen-bond acceptors (Lipinski definition) is 3. The molecule has 5 heteroatoms. The Morgan fingerprint density at radius 3 is 2.92 bits per heavy atom. The summed E-state index contributed by atoms with van der Waals surface area (Å²) in [6.45, 7) is 1.63. The summed E-state index contributed by atoms with van der Waals surface area (Å²) >= 11 is 0. The minimum atomic E-state index is -1.04. The summed E-state index contributed by atoms with van der Waals surface area (Å²) < 4.78 is 0. The summed E-state index contributed by atoms with van der Waals surface area (Å²) in [6.07, 6.45) is 0.991. The number of aryl methyl sites for hydroxylation is 1. The molecular formula is C7H8N2O3. The highest BCUT2D eigenvalue weighted by atomic mass is 16.4. The minimum absolute atomic E-state index is 0.174. The molecule has 12 heavy (non-hydrogen) atoms. The molecule has 0 spiro atoms. The number of aromatic nitrogens is 2. The lowest BCUT2D eigenvalue weighted by Crippen LogP contribution is -2.17. The van der Waals surface area contributed by atoms with Crippen molar-refractivity contribution < 1.29 is 9.90 Å². The number of carbonyl (C=O) groups is 1. The van der Waals surface area contributed by atoms with Gasteiger partial charge in [-0.1, -0.05) is 0 Å². The van der Waals surface area contributed by atoms with E-state index in [1.165, 1.54) is 6.20 Å². The highest BCUT2D eigenvalue weighted by Crippen LogP contribution is 1.89. The zero-order chi connectivity index (χ0) is 9.14. The van der Waals surface area contributed by atoms with Crippen LogP contribution in [0.3, 0.4) is 0 Å². The molecule has 0 bridgehead atoms. The van der Waals surface area contributed by atoms with Crippen molar-refractivity contribution in [3.05, 3.63) is 27.9 Å². The third kappa shape index (κ3) is 1.91. The fraction of sp³-hybridized carbons (Fsp3) is 0.286. The molecule has 2 N–H and O–H groups in total. The van der Waals surface area contributed by atoms with E-state index in [0.29, 0.717) is 5.82 Å². The van der Waals surface area contributed by atoms with Gasteiger partial charge in [-0.25, -0.2) is 4.98 Å². The van der Waals surface area contributed by atoms with Crippen LogP contribution in [0.1, 0.15) is 11.4 Å². The van der Waals surface area contributed by atoms with Crippen molar-refractivity contribution in [1.82, 2.24) is 9.97 Å². The fourth-order valence-electron chi connectivity index (χ4n) is 0.799. The second-order valence-corrected chi connectivity index (χ2v) is 2.39. The maximum Gasteiger partial charge on any atom is 0.308 e. The highest BCUT2D eigenvalue weighted by Gasteiger charge is 2.04. The number of hydrogen-bond donors (Lipinski definition) is 2. The third-order valence-corrected chi connectivity index (χ3v) is 1.34. The van der Waals surface area contributed by atoms with Crippen molar-refractivity contribution >= 4 is 5.97 Å². The maximum absolute atomic E-state index is 11.0. The number of nitrogens with zero attached hydrogens (tertiary/aromatic N) is 1. The molecule has 0 unspecified atom stereocenters. The van der Waals surface area contributed by atoms with Crippen molar-refractivity contribution in [3.63, 3.8) is 0 Å². The molecule has 0 saturated heterocycles. The van der Waals surface area contributed by atoms with Gasteiger partial charge in [0.1, 0.15) is 5.82 Å². The Balaban J connectivity index is 3.02. The lowest BCUT2D eigenvalue weighted by atomic mass is 10.2. The first kappa shape index (κ1) is 8.45. The lowest BCUT2D eigenvalue weighted by molar-refractivity contribution is -0.136. The SMILES string of the molecule is Cc1ncc(CC(=O)O)c(=O)[nH]1. The molecular weight excluding hydrogens is 160 g/mol. The number of H-pyrrole nitrogens is 1. The van der Waals surface area contributed by atoms with Crippen LogP contribution in [-0.4, -0.2) is 21.0 Å². The third-order valence-electron chi connectivity index (χ3n) is 1.34. The maximum atomic E-state index is 11.0. The van der Waals surface area contributed by atoms with Crippen molar-refractivity contribution in [2.45, 2.75) is 13.3 Å². The summed E-state index contributed by atoms with van der Waals surface area (Å²) in [7, 11) is 0. The first-order valence-electron chi connectivity index (χ1n) is 3.36. The van der Waals surface area contributed by atoms with Crippen LogP contribution in [0.25, 0.3) is 0 Å². The number of nitrogens with one attached hydrogen (secondary N) is 1. The van der Waals surface area contributed by atoms with Gasteiger partial charge in [-0.3, -0.25) is 9.59 Å². The molecule has 1 aromatic rings. The topological polar surface area (TPSA) is 83.0 Å². The van der Waals surface area contributed by atoms with Gasteiger partial charge in [-0.05, 0) is 6.92 Å². The molecule has 0 aromatic carbocycles. The highest BCUT2D eigenvalue weighted by molar-refractivity contribution is 5.69. The van der Waals surface area contributed by atoms with Gasteiger partial charge in [0.25, 0.3) is 5.56 Å². The van der Waals surface area contributed by atoms with Crippen LogP contribution in [0, 0.1) is 6.92 Å². The van der Waals surface area contributed by atoms with Crippen LogP contribution in [0.2, 0.25) is 0 Å². The molecule has 1 aromatic heterocycles. The number of aromatic amines is 1. The molecule has 0 amide bonds. The van der Waals surface area contributed by atoms with Gasteiger partial charge in [0.15, 0.2) is 0 Å². The molecule has 1 heterocycles. The second kappa shape index (κ2) is 3.17. The Kier molecular flexibility index (Phi) is 2.23. The van der Waals surface area contributed by atoms with Gasteiger partial charge in [0, 0.05) is 11.8 Å². The summed E-state index contributed by atoms with van der Waals surface area (Å²) in [4.78, 5) is 27.4. The van der Waals surface area contributed by atoms with E-state index in [1.807, 2.05) is 0 Å².